The van der Waals surface area contributed by atoms with Crippen LogP contribution in [0, 0.1) is 6.92 Å². The van der Waals surface area contributed by atoms with Gasteiger partial charge in [0.15, 0.2) is 14.2 Å². The number of morpholine rings is 1. The van der Waals surface area contributed by atoms with Crippen molar-refractivity contribution in [2.24, 2.45) is 0 Å². The van der Waals surface area contributed by atoms with E-state index in [1.807, 2.05) is 37.3 Å². The van der Waals surface area contributed by atoms with E-state index in [1.54, 1.807) is 0 Å². The van der Waals surface area contributed by atoms with E-state index in [4.69, 9.17) is 13.9 Å². The maximum atomic E-state index is 11.7. The van der Waals surface area contributed by atoms with Gasteiger partial charge in [0, 0.05) is 31.4 Å². The molecule has 0 unspecified atom stereocenters. The SMILES string of the molecule is C=c1ccc(C)c/c1=C(/O)N(CCO[Si](C)(C)C(C)(C)C)C(C)(C)c1ccc(OCCN2CCOCC2)cc1. The van der Waals surface area contributed by atoms with Gasteiger partial charge in [0.1, 0.15) is 12.4 Å². The van der Waals surface area contributed by atoms with E-state index in [0.717, 1.165) is 60.2 Å². The highest BCUT2D eigenvalue weighted by Crippen LogP contribution is 2.37. The van der Waals surface area contributed by atoms with Crippen LogP contribution in [0.4, 0.5) is 0 Å². The van der Waals surface area contributed by atoms with Gasteiger partial charge in [0.25, 0.3) is 0 Å². The molecule has 0 radical (unpaired) electrons. The topological polar surface area (TPSA) is 54.4 Å². The molecule has 1 N–H and O–H groups in total. The van der Waals surface area contributed by atoms with Crippen molar-refractivity contribution in [2.75, 3.05) is 52.6 Å². The Bertz CT molecular complexity index is 1180. The molecule has 1 aliphatic heterocycles. The van der Waals surface area contributed by atoms with Crippen molar-refractivity contribution in [2.45, 2.75) is 65.2 Å². The molecule has 0 aliphatic carbocycles. The largest absolute Gasteiger partial charge is 0.494 e. The Morgan fingerprint density at radius 2 is 1.67 bits per heavy atom. The highest BCUT2D eigenvalue weighted by Gasteiger charge is 2.38. The number of aryl methyl sites for hydroxylation is 1. The number of ether oxygens (including phenoxy) is 2. The number of aliphatic hydroxyl groups excluding tert-OH is 1. The van der Waals surface area contributed by atoms with Crippen LogP contribution in [0.2, 0.25) is 18.1 Å². The predicted octanol–water partition coefficient (Wildman–Crippen LogP) is 5.00. The van der Waals surface area contributed by atoms with Gasteiger partial charge in [0.2, 0.25) is 0 Å². The molecule has 2 aromatic carbocycles. The summed E-state index contributed by atoms with van der Waals surface area (Å²) < 4.78 is 18.0. The summed E-state index contributed by atoms with van der Waals surface area (Å²) in [4.78, 5) is 4.42. The van der Waals surface area contributed by atoms with E-state index in [1.165, 1.54) is 0 Å². The van der Waals surface area contributed by atoms with Gasteiger partial charge in [-0.25, -0.2) is 0 Å². The molecule has 0 amide bonds. The lowest BCUT2D eigenvalue weighted by molar-refractivity contribution is 0.0322. The molecule has 3 rings (SSSR count). The molecule has 0 aromatic heterocycles. The van der Waals surface area contributed by atoms with Crippen LogP contribution < -0.4 is 15.2 Å². The molecule has 39 heavy (non-hydrogen) atoms. The zero-order valence-electron chi connectivity index (χ0n) is 25.5. The third-order valence-corrected chi connectivity index (χ3v) is 12.9. The molecule has 6 nitrogen and oxygen atoms in total. The first-order chi connectivity index (χ1) is 18.2. The van der Waals surface area contributed by atoms with Crippen molar-refractivity contribution < 1.29 is 19.0 Å². The second kappa shape index (κ2) is 12.9. The Labute approximate surface area is 237 Å². The van der Waals surface area contributed by atoms with Gasteiger partial charge in [-0.05, 0) is 67.9 Å². The summed E-state index contributed by atoms with van der Waals surface area (Å²) in [7, 11) is -1.93. The molecule has 0 bridgehead atoms. The molecule has 216 valence electrons. The molecule has 1 saturated heterocycles. The van der Waals surface area contributed by atoms with Crippen molar-refractivity contribution >= 4 is 20.8 Å². The average molecular weight is 555 g/mol. The molecule has 0 spiro atoms. The van der Waals surface area contributed by atoms with E-state index >= 15 is 0 Å². The van der Waals surface area contributed by atoms with Crippen LogP contribution in [0.15, 0.2) is 42.5 Å². The Balaban J connectivity index is 1.83. The summed E-state index contributed by atoms with van der Waals surface area (Å²) in [5, 5.41) is 13.4. The van der Waals surface area contributed by atoms with Gasteiger partial charge in [-0.3, -0.25) is 4.90 Å². The maximum absolute atomic E-state index is 11.7. The molecule has 0 saturated carbocycles. The van der Waals surface area contributed by atoms with Gasteiger partial charge in [-0.2, -0.15) is 0 Å². The lowest BCUT2D eigenvalue weighted by Crippen LogP contribution is -2.48. The molecule has 1 heterocycles. The Kier molecular flexibility index (Phi) is 10.3. The highest BCUT2D eigenvalue weighted by molar-refractivity contribution is 6.74. The molecule has 1 fully saturated rings. The Hall–Kier alpha value is -2.32. The molecule has 1 aliphatic rings. The lowest BCUT2D eigenvalue weighted by atomic mass is 9.92. The molecule has 2 aromatic rings. The summed E-state index contributed by atoms with van der Waals surface area (Å²) in [6.45, 7) is 27.9. The van der Waals surface area contributed by atoms with Gasteiger partial charge in [-0.1, -0.05) is 57.2 Å². The number of aliphatic hydroxyl groups is 1. The van der Waals surface area contributed by atoms with Crippen LogP contribution >= 0.6 is 0 Å². The summed E-state index contributed by atoms with van der Waals surface area (Å²) >= 11 is 0. The smallest absolute Gasteiger partial charge is 0.195 e. The van der Waals surface area contributed by atoms with E-state index < -0.39 is 13.9 Å². The fraction of sp³-hybridized carbons (Fsp3) is 0.562. The molecule has 7 heteroatoms. The number of benzene rings is 2. The van der Waals surface area contributed by atoms with Gasteiger partial charge < -0.3 is 23.9 Å². The van der Waals surface area contributed by atoms with Crippen LogP contribution in [0.1, 0.15) is 45.7 Å². The molecule has 0 atom stereocenters. The number of rotatable bonds is 11. The minimum absolute atomic E-state index is 0.119. The summed E-state index contributed by atoms with van der Waals surface area (Å²) in [5.74, 6) is 1.07. The van der Waals surface area contributed by atoms with Crippen LogP contribution in [0.5, 0.6) is 5.75 Å². The van der Waals surface area contributed by atoms with E-state index in [9.17, 15) is 5.11 Å². The van der Waals surface area contributed by atoms with Crippen molar-refractivity contribution in [1.82, 2.24) is 9.80 Å². The van der Waals surface area contributed by atoms with Crippen LogP contribution in [-0.2, 0) is 14.7 Å². The minimum Gasteiger partial charge on any atom is -0.494 e. The van der Waals surface area contributed by atoms with Crippen LogP contribution in [0.25, 0.3) is 12.5 Å². The van der Waals surface area contributed by atoms with Gasteiger partial charge in [0.05, 0.1) is 25.4 Å². The lowest BCUT2D eigenvalue weighted by Gasteiger charge is -2.42. The first-order valence-electron chi connectivity index (χ1n) is 14.2. The first-order valence-corrected chi connectivity index (χ1v) is 17.1. The second-order valence-corrected chi connectivity index (χ2v) is 17.4. The fourth-order valence-corrected chi connectivity index (χ4v) is 5.57. The summed E-state index contributed by atoms with van der Waals surface area (Å²) in [5.41, 5.74) is 1.65. The van der Waals surface area contributed by atoms with Crippen molar-refractivity contribution in [3.63, 3.8) is 0 Å². The summed E-state index contributed by atoms with van der Waals surface area (Å²) in [6, 6.07) is 14.2. The van der Waals surface area contributed by atoms with E-state index in [2.05, 4.69) is 76.2 Å². The standard InChI is InChI=1S/C32H50N2O4Si/c1-25-10-11-26(2)29(24-25)30(35)34(19-23-38-39(8,9)31(3,4)5)32(6,7)27-12-14-28(15-13-27)37-22-18-33-16-20-36-21-17-33/h10-15,24,35H,2,16-23H2,1,3-9H3/b30-29-. The van der Waals surface area contributed by atoms with Crippen LogP contribution in [0.3, 0.4) is 0 Å². The second-order valence-electron chi connectivity index (χ2n) is 12.6. The zero-order valence-corrected chi connectivity index (χ0v) is 26.5. The molecular weight excluding hydrogens is 504 g/mol. The zero-order chi connectivity index (χ0) is 28.8. The van der Waals surface area contributed by atoms with Crippen molar-refractivity contribution in [3.05, 3.63) is 64.0 Å². The third kappa shape index (κ3) is 8.10. The fourth-order valence-electron chi connectivity index (χ4n) is 4.53. The number of hydrogen-bond donors (Lipinski definition) is 1. The summed E-state index contributed by atoms with van der Waals surface area (Å²) in [6.07, 6.45) is 0. The minimum atomic E-state index is -1.93. The van der Waals surface area contributed by atoms with Crippen molar-refractivity contribution in [1.29, 1.82) is 0 Å². The van der Waals surface area contributed by atoms with Crippen molar-refractivity contribution in [3.8, 4) is 5.75 Å². The van der Waals surface area contributed by atoms with E-state index in [0.29, 0.717) is 19.8 Å². The van der Waals surface area contributed by atoms with Gasteiger partial charge in [-0.15, -0.1) is 0 Å². The molecular formula is C32H50N2O4Si. The maximum Gasteiger partial charge on any atom is 0.195 e. The average Bonchev–Trinajstić information content (AvgIpc) is 2.88. The van der Waals surface area contributed by atoms with Gasteiger partial charge >= 0.3 is 0 Å². The third-order valence-electron chi connectivity index (χ3n) is 8.36. The van der Waals surface area contributed by atoms with Crippen LogP contribution in [-0.4, -0.2) is 75.8 Å². The first kappa shape index (κ1) is 31.2. The normalized spacial score (nSPS) is 16.2. The quantitative estimate of drug-likeness (QED) is 0.395. The Morgan fingerprint density at radius 3 is 2.28 bits per heavy atom. The monoisotopic (exact) mass is 554 g/mol. The number of nitrogens with zero attached hydrogens (tertiary/aromatic N) is 2. The highest BCUT2D eigenvalue weighted by atomic mass is 28.4. The number of hydrogen-bond acceptors (Lipinski definition) is 6. The predicted molar refractivity (Wildman–Crippen MR) is 164 cm³/mol. The van der Waals surface area contributed by atoms with E-state index in [-0.39, 0.29) is 10.9 Å². The Morgan fingerprint density at radius 1 is 1.03 bits per heavy atom.